The molecule has 0 amide bonds. The molecule has 2 rings (SSSR count). The molecule has 0 aliphatic rings. The van der Waals surface area contributed by atoms with Crippen LogP contribution in [0.5, 0.6) is 11.5 Å². The third kappa shape index (κ3) is 3.56. The highest BCUT2D eigenvalue weighted by molar-refractivity contribution is 5.67. The molecule has 0 radical (unpaired) electrons. The monoisotopic (exact) mass is 285 g/mol. The van der Waals surface area contributed by atoms with Gasteiger partial charge in [0.15, 0.2) is 0 Å². The van der Waals surface area contributed by atoms with E-state index >= 15 is 0 Å². The summed E-state index contributed by atoms with van der Waals surface area (Å²) in [5.74, 6) is 1.84. The van der Waals surface area contributed by atoms with Gasteiger partial charge in [-0.05, 0) is 54.4 Å². The van der Waals surface area contributed by atoms with E-state index in [9.17, 15) is 0 Å². The summed E-state index contributed by atoms with van der Waals surface area (Å²) >= 11 is 0. The van der Waals surface area contributed by atoms with Crippen LogP contribution in [0, 0.1) is 6.92 Å². The zero-order valence-electron chi connectivity index (χ0n) is 13.2. The summed E-state index contributed by atoms with van der Waals surface area (Å²) < 4.78 is 10.8. The maximum absolute atomic E-state index is 5.43. The first kappa shape index (κ1) is 15.4. The largest absolute Gasteiger partial charge is 0.496 e. The lowest BCUT2D eigenvalue weighted by molar-refractivity contribution is 0.408. The van der Waals surface area contributed by atoms with Crippen molar-refractivity contribution in [2.45, 2.75) is 20.4 Å². The van der Waals surface area contributed by atoms with E-state index in [1.54, 1.807) is 14.2 Å². The van der Waals surface area contributed by atoms with Crippen molar-refractivity contribution in [3.63, 3.8) is 0 Å². The maximum Gasteiger partial charge on any atom is 0.123 e. The fourth-order valence-corrected chi connectivity index (χ4v) is 2.41. The van der Waals surface area contributed by atoms with Gasteiger partial charge in [-0.3, -0.25) is 0 Å². The minimum Gasteiger partial charge on any atom is -0.496 e. The van der Waals surface area contributed by atoms with E-state index in [1.807, 2.05) is 12.1 Å². The van der Waals surface area contributed by atoms with Crippen molar-refractivity contribution < 1.29 is 9.47 Å². The van der Waals surface area contributed by atoms with E-state index in [-0.39, 0.29) is 0 Å². The first-order valence-corrected chi connectivity index (χ1v) is 7.22. The maximum atomic E-state index is 5.43. The second-order valence-corrected chi connectivity index (χ2v) is 4.99. The second kappa shape index (κ2) is 7.14. The minimum absolute atomic E-state index is 0.808. The van der Waals surface area contributed by atoms with Gasteiger partial charge in [0.25, 0.3) is 0 Å². The Labute approximate surface area is 126 Å². The van der Waals surface area contributed by atoms with Crippen molar-refractivity contribution >= 4 is 0 Å². The smallest absolute Gasteiger partial charge is 0.123 e. The average Bonchev–Trinajstić information content (AvgIpc) is 2.52. The number of rotatable bonds is 6. The Kier molecular flexibility index (Phi) is 5.23. The van der Waals surface area contributed by atoms with Gasteiger partial charge in [-0.2, -0.15) is 0 Å². The third-order valence-electron chi connectivity index (χ3n) is 3.57. The molecule has 0 bridgehead atoms. The van der Waals surface area contributed by atoms with Crippen molar-refractivity contribution in [2.24, 2.45) is 0 Å². The van der Waals surface area contributed by atoms with Gasteiger partial charge in [-0.15, -0.1) is 0 Å². The van der Waals surface area contributed by atoms with Gasteiger partial charge in [0.2, 0.25) is 0 Å². The molecule has 0 fully saturated rings. The van der Waals surface area contributed by atoms with Crippen molar-refractivity contribution in [3.8, 4) is 22.6 Å². The quantitative estimate of drug-likeness (QED) is 0.876. The van der Waals surface area contributed by atoms with Crippen LogP contribution in [-0.4, -0.2) is 20.8 Å². The molecule has 0 aliphatic heterocycles. The summed E-state index contributed by atoms with van der Waals surface area (Å²) in [4.78, 5) is 0. The van der Waals surface area contributed by atoms with E-state index < -0.39 is 0 Å². The Bertz CT molecular complexity index is 608. The predicted octanol–water partition coefficient (Wildman–Crippen LogP) is 3.79. The van der Waals surface area contributed by atoms with E-state index in [0.717, 1.165) is 30.2 Å². The van der Waals surface area contributed by atoms with Gasteiger partial charge in [-0.25, -0.2) is 0 Å². The van der Waals surface area contributed by atoms with E-state index in [4.69, 9.17) is 9.47 Å². The number of aryl methyl sites for hydroxylation is 1. The predicted molar refractivity (Wildman–Crippen MR) is 87.1 cm³/mol. The van der Waals surface area contributed by atoms with Crippen LogP contribution < -0.4 is 14.8 Å². The van der Waals surface area contributed by atoms with E-state index in [1.165, 1.54) is 16.7 Å². The Morgan fingerprint density at radius 3 is 2.10 bits per heavy atom. The van der Waals surface area contributed by atoms with Gasteiger partial charge in [0.05, 0.1) is 14.2 Å². The van der Waals surface area contributed by atoms with Crippen molar-refractivity contribution in [3.05, 3.63) is 47.5 Å². The van der Waals surface area contributed by atoms with Crippen LogP contribution in [-0.2, 0) is 6.54 Å². The van der Waals surface area contributed by atoms with Gasteiger partial charge in [0.1, 0.15) is 11.5 Å². The molecule has 21 heavy (non-hydrogen) atoms. The molecule has 1 N–H and O–H groups in total. The number of nitrogens with one attached hydrogen (secondary N) is 1. The average molecular weight is 285 g/mol. The molecule has 112 valence electrons. The first-order valence-electron chi connectivity index (χ1n) is 7.22. The third-order valence-corrected chi connectivity index (χ3v) is 3.57. The lowest BCUT2D eigenvalue weighted by atomic mass is 10.0. The molecular formula is C18H23NO2. The molecule has 0 saturated carbocycles. The molecular weight excluding hydrogens is 262 g/mol. The number of hydrogen-bond donors (Lipinski definition) is 1. The summed E-state index contributed by atoms with van der Waals surface area (Å²) in [5, 5.41) is 3.35. The number of ether oxygens (including phenoxy) is 2. The van der Waals surface area contributed by atoms with Crippen LogP contribution in [0.15, 0.2) is 36.4 Å². The summed E-state index contributed by atoms with van der Waals surface area (Å²) in [6.45, 7) is 5.91. The molecule has 0 atom stereocenters. The van der Waals surface area contributed by atoms with E-state index in [0.29, 0.717) is 0 Å². The number of hydrogen-bond acceptors (Lipinski definition) is 3. The summed E-state index contributed by atoms with van der Waals surface area (Å²) in [6, 6.07) is 12.6. The standard InChI is InChI=1S/C18H23NO2/c1-5-19-12-16-11-15(7-9-18(16)21-4)14-6-8-17(20-3)13(2)10-14/h6-11,19H,5,12H2,1-4H3. The van der Waals surface area contributed by atoms with E-state index in [2.05, 4.69) is 43.4 Å². The molecule has 0 saturated heterocycles. The van der Waals surface area contributed by atoms with Gasteiger partial charge in [0, 0.05) is 12.1 Å². The van der Waals surface area contributed by atoms with Crippen molar-refractivity contribution in [1.29, 1.82) is 0 Å². The van der Waals surface area contributed by atoms with Crippen LogP contribution >= 0.6 is 0 Å². The Morgan fingerprint density at radius 2 is 1.52 bits per heavy atom. The summed E-state index contributed by atoms with van der Waals surface area (Å²) in [5.41, 5.74) is 4.69. The van der Waals surface area contributed by atoms with Gasteiger partial charge < -0.3 is 14.8 Å². The highest BCUT2D eigenvalue weighted by atomic mass is 16.5. The fourth-order valence-electron chi connectivity index (χ4n) is 2.41. The Morgan fingerprint density at radius 1 is 0.905 bits per heavy atom. The molecule has 0 unspecified atom stereocenters. The zero-order valence-corrected chi connectivity index (χ0v) is 13.2. The highest BCUT2D eigenvalue weighted by Gasteiger charge is 2.07. The molecule has 2 aromatic carbocycles. The van der Waals surface area contributed by atoms with Gasteiger partial charge in [-0.1, -0.05) is 19.1 Å². The molecule has 0 heterocycles. The SMILES string of the molecule is CCNCc1cc(-c2ccc(OC)c(C)c2)ccc1OC. The van der Waals surface area contributed by atoms with Crippen LogP contribution in [0.1, 0.15) is 18.1 Å². The molecule has 2 aromatic rings. The van der Waals surface area contributed by atoms with Crippen LogP contribution in [0.25, 0.3) is 11.1 Å². The molecule has 3 nitrogen and oxygen atoms in total. The van der Waals surface area contributed by atoms with Gasteiger partial charge >= 0.3 is 0 Å². The van der Waals surface area contributed by atoms with Crippen LogP contribution in [0.2, 0.25) is 0 Å². The number of methoxy groups -OCH3 is 2. The van der Waals surface area contributed by atoms with Crippen LogP contribution in [0.3, 0.4) is 0 Å². The topological polar surface area (TPSA) is 30.5 Å². The minimum atomic E-state index is 0.808. The molecule has 0 aliphatic carbocycles. The Hall–Kier alpha value is -2.00. The lowest BCUT2D eigenvalue weighted by Crippen LogP contribution is -2.12. The highest BCUT2D eigenvalue weighted by Crippen LogP contribution is 2.29. The fraction of sp³-hybridized carbons (Fsp3) is 0.333. The number of benzene rings is 2. The lowest BCUT2D eigenvalue weighted by Gasteiger charge is -2.12. The normalized spacial score (nSPS) is 10.5. The molecule has 0 aromatic heterocycles. The molecule has 0 spiro atoms. The summed E-state index contributed by atoms with van der Waals surface area (Å²) in [6.07, 6.45) is 0. The Balaban J connectivity index is 2.37. The second-order valence-electron chi connectivity index (χ2n) is 4.99. The van der Waals surface area contributed by atoms with Crippen LogP contribution in [0.4, 0.5) is 0 Å². The zero-order chi connectivity index (χ0) is 15.2. The summed E-state index contributed by atoms with van der Waals surface area (Å²) in [7, 11) is 3.41. The first-order chi connectivity index (χ1) is 10.2. The van der Waals surface area contributed by atoms with Crippen molar-refractivity contribution in [2.75, 3.05) is 20.8 Å². The van der Waals surface area contributed by atoms with Crippen molar-refractivity contribution in [1.82, 2.24) is 5.32 Å². The molecule has 3 heteroatoms.